The minimum atomic E-state index is 0.0643. The van der Waals surface area contributed by atoms with Crippen LogP contribution >= 0.6 is 0 Å². The molecule has 0 bridgehead atoms. The van der Waals surface area contributed by atoms with Gasteiger partial charge in [-0.15, -0.1) is 0 Å². The lowest BCUT2D eigenvalue weighted by molar-refractivity contribution is -0.126. The van der Waals surface area contributed by atoms with Crippen LogP contribution in [-0.2, 0) is 9.59 Å². The number of ketones is 2. The van der Waals surface area contributed by atoms with E-state index in [0.29, 0.717) is 12.8 Å². The zero-order valence-electron chi connectivity index (χ0n) is 11.3. The molecular formula is C15H26O2. The van der Waals surface area contributed by atoms with E-state index in [1.807, 2.05) is 0 Å². The van der Waals surface area contributed by atoms with Crippen molar-refractivity contribution in [1.29, 1.82) is 0 Å². The number of carbonyl (C=O) groups excluding carboxylic acids is 2. The summed E-state index contributed by atoms with van der Waals surface area (Å²) in [7, 11) is 0. The van der Waals surface area contributed by atoms with Gasteiger partial charge in [-0.2, -0.15) is 0 Å². The summed E-state index contributed by atoms with van der Waals surface area (Å²) in [6.07, 6.45) is 12.3. The number of allylic oxidation sites excluding steroid dienone is 2. The van der Waals surface area contributed by atoms with E-state index in [0.717, 1.165) is 19.3 Å². The Morgan fingerprint density at radius 2 is 1.53 bits per heavy atom. The number of unbranched alkanes of at least 4 members (excludes halogenated alkanes) is 4. The van der Waals surface area contributed by atoms with Gasteiger partial charge in [-0.05, 0) is 25.7 Å². The van der Waals surface area contributed by atoms with E-state index >= 15 is 0 Å². The fourth-order valence-electron chi connectivity index (χ4n) is 1.58. The first-order valence-electron chi connectivity index (χ1n) is 6.89. The van der Waals surface area contributed by atoms with Gasteiger partial charge in [-0.1, -0.05) is 38.8 Å². The second-order valence-corrected chi connectivity index (χ2v) is 4.47. The molecule has 0 aromatic rings. The summed E-state index contributed by atoms with van der Waals surface area (Å²) >= 11 is 0. The van der Waals surface area contributed by atoms with Crippen molar-refractivity contribution in [2.24, 2.45) is 0 Å². The van der Waals surface area contributed by atoms with Crippen molar-refractivity contribution in [3.05, 3.63) is 12.2 Å². The van der Waals surface area contributed by atoms with Crippen molar-refractivity contribution in [3.63, 3.8) is 0 Å². The Hall–Kier alpha value is -0.920. The van der Waals surface area contributed by atoms with Gasteiger partial charge in [0.15, 0.2) is 0 Å². The van der Waals surface area contributed by atoms with Crippen LogP contribution in [0.3, 0.4) is 0 Å². The lowest BCUT2D eigenvalue weighted by Crippen LogP contribution is -2.06. The molecule has 0 heterocycles. The topological polar surface area (TPSA) is 34.1 Å². The van der Waals surface area contributed by atoms with Gasteiger partial charge < -0.3 is 0 Å². The van der Waals surface area contributed by atoms with Gasteiger partial charge >= 0.3 is 0 Å². The van der Waals surface area contributed by atoms with Crippen molar-refractivity contribution in [2.45, 2.75) is 71.6 Å². The lowest BCUT2D eigenvalue weighted by atomic mass is 10.1. The standard InChI is InChI=1S/C15H26O2/c1-3-5-6-7-8-9-10-11-12-15(17)13-14(16)4-2/h7-8H,3-6,9-13H2,1-2H3. The van der Waals surface area contributed by atoms with Crippen LogP contribution in [0.4, 0.5) is 0 Å². The second kappa shape index (κ2) is 11.6. The Balaban J connectivity index is 3.36. The summed E-state index contributed by atoms with van der Waals surface area (Å²) in [5.74, 6) is 0.168. The van der Waals surface area contributed by atoms with E-state index in [2.05, 4.69) is 19.1 Å². The number of carbonyl (C=O) groups is 2. The maximum Gasteiger partial charge on any atom is 0.140 e. The molecule has 2 heteroatoms. The van der Waals surface area contributed by atoms with Gasteiger partial charge in [-0.25, -0.2) is 0 Å². The number of hydrogen-bond acceptors (Lipinski definition) is 2. The monoisotopic (exact) mass is 238 g/mol. The summed E-state index contributed by atoms with van der Waals surface area (Å²) in [4.78, 5) is 22.4. The molecule has 0 aliphatic rings. The highest BCUT2D eigenvalue weighted by atomic mass is 16.1. The van der Waals surface area contributed by atoms with Crippen molar-refractivity contribution in [2.75, 3.05) is 0 Å². The molecular weight excluding hydrogens is 212 g/mol. The largest absolute Gasteiger partial charge is 0.299 e. The van der Waals surface area contributed by atoms with Crippen LogP contribution in [0.15, 0.2) is 12.2 Å². The number of rotatable bonds is 11. The minimum absolute atomic E-state index is 0.0643. The number of Topliss-reactive ketones (excluding diaryl/α,β-unsaturated/α-hetero) is 2. The molecule has 0 aromatic heterocycles. The first-order chi connectivity index (χ1) is 8.20. The van der Waals surface area contributed by atoms with Gasteiger partial charge in [0.1, 0.15) is 11.6 Å². The molecule has 0 saturated heterocycles. The first-order valence-corrected chi connectivity index (χ1v) is 6.89. The molecule has 0 spiro atoms. The second-order valence-electron chi connectivity index (χ2n) is 4.47. The molecule has 0 radical (unpaired) electrons. The summed E-state index contributed by atoms with van der Waals surface area (Å²) in [5.41, 5.74) is 0. The van der Waals surface area contributed by atoms with E-state index in [1.54, 1.807) is 6.92 Å². The van der Waals surface area contributed by atoms with E-state index in [9.17, 15) is 9.59 Å². The minimum Gasteiger partial charge on any atom is -0.299 e. The molecule has 17 heavy (non-hydrogen) atoms. The Kier molecular flexibility index (Phi) is 10.9. The molecule has 0 amide bonds. The highest BCUT2D eigenvalue weighted by Crippen LogP contribution is 2.05. The molecule has 0 fully saturated rings. The molecule has 98 valence electrons. The van der Waals surface area contributed by atoms with Crippen molar-refractivity contribution in [1.82, 2.24) is 0 Å². The quantitative estimate of drug-likeness (QED) is 0.306. The predicted molar refractivity (Wildman–Crippen MR) is 72.1 cm³/mol. The predicted octanol–water partition coefficient (Wildman–Crippen LogP) is 4.23. The third-order valence-corrected chi connectivity index (χ3v) is 2.76. The Morgan fingerprint density at radius 1 is 0.882 bits per heavy atom. The SMILES string of the molecule is CCCCC=CCCCCC(=O)CC(=O)CC. The third-order valence-electron chi connectivity index (χ3n) is 2.76. The van der Waals surface area contributed by atoms with E-state index in [1.165, 1.54) is 19.3 Å². The van der Waals surface area contributed by atoms with Crippen molar-refractivity contribution >= 4 is 11.6 Å². The van der Waals surface area contributed by atoms with E-state index in [-0.39, 0.29) is 18.0 Å². The van der Waals surface area contributed by atoms with Gasteiger partial charge in [0, 0.05) is 12.8 Å². The van der Waals surface area contributed by atoms with Crippen LogP contribution in [-0.4, -0.2) is 11.6 Å². The summed E-state index contributed by atoms with van der Waals surface area (Å²) in [5, 5.41) is 0. The van der Waals surface area contributed by atoms with Crippen LogP contribution in [0, 0.1) is 0 Å². The zero-order valence-corrected chi connectivity index (χ0v) is 11.3. The Morgan fingerprint density at radius 3 is 2.12 bits per heavy atom. The van der Waals surface area contributed by atoms with E-state index in [4.69, 9.17) is 0 Å². The molecule has 0 aliphatic heterocycles. The molecule has 0 atom stereocenters. The highest BCUT2D eigenvalue weighted by Gasteiger charge is 2.06. The van der Waals surface area contributed by atoms with E-state index < -0.39 is 0 Å². The molecule has 2 nitrogen and oxygen atoms in total. The zero-order chi connectivity index (χ0) is 12.9. The average Bonchev–Trinajstić information content (AvgIpc) is 2.32. The molecule has 0 saturated carbocycles. The van der Waals surface area contributed by atoms with Crippen molar-refractivity contribution in [3.8, 4) is 0 Å². The first kappa shape index (κ1) is 16.1. The van der Waals surface area contributed by atoms with Crippen LogP contribution < -0.4 is 0 Å². The summed E-state index contributed by atoms with van der Waals surface area (Å²) < 4.78 is 0. The average molecular weight is 238 g/mol. The number of hydrogen-bond donors (Lipinski definition) is 0. The Bertz CT molecular complexity index is 241. The van der Waals surface area contributed by atoms with Crippen molar-refractivity contribution < 1.29 is 9.59 Å². The highest BCUT2D eigenvalue weighted by molar-refractivity contribution is 5.98. The molecule has 0 aliphatic carbocycles. The smallest absolute Gasteiger partial charge is 0.140 e. The normalized spacial score (nSPS) is 10.9. The van der Waals surface area contributed by atoms with Crippen LogP contribution in [0.2, 0.25) is 0 Å². The van der Waals surface area contributed by atoms with Crippen LogP contribution in [0.25, 0.3) is 0 Å². The lowest BCUT2D eigenvalue weighted by Gasteiger charge is -1.98. The van der Waals surface area contributed by atoms with Gasteiger partial charge in [0.05, 0.1) is 6.42 Å². The van der Waals surface area contributed by atoms with Gasteiger partial charge in [0.2, 0.25) is 0 Å². The fraction of sp³-hybridized carbons (Fsp3) is 0.733. The maximum absolute atomic E-state index is 11.3. The fourth-order valence-corrected chi connectivity index (χ4v) is 1.58. The van der Waals surface area contributed by atoms with Crippen LogP contribution in [0.1, 0.15) is 71.6 Å². The molecule has 0 N–H and O–H groups in total. The molecule has 0 aromatic carbocycles. The summed E-state index contributed by atoms with van der Waals surface area (Å²) in [6.45, 7) is 3.99. The molecule has 0 rings (SSSR count). The molecule has 0 unspecified atom stereocenters. The summed E-state index contributed by atoms with van der Waals surface area (Å²) in [6, 6.07) is 0. The Labute approximate surface area is 105 Å². The maximum atomic E-state index is 11.3. The van der Waals surface area contributed by atoms with Gasteiger partial charge in [0.25, 0.3) is 0 Å². The third kappa shape index (κ3) is 11.3. The van der Waals surface area contributed by atoms with Crippen LogP contribution in [0.5, 0.6) is 0 Å². The van der Waals surface area contributed by atoms with Gasteiger partial charge in [-0.3, -0.25) is 9.59 Å².